The molecule has 4 heterocycles. The van der Waals surface area contributed by atoms with E-state index in [0.29, 0.717) is 17.5 Å². The topological polar surface area (TPSA) is 53.5 Å². The van der Waals surface area contributed by atoms with Gasteiger partial charge in [-0.15, -0.1) is 0 Å². The normalized spacial score (nSPS) is 11.7. The lowest BCUT2D eigenvalue weighted by Gasteiger charge is -2.17. The number of fused-ring (bicyclic) bond motifs is 9. The van der Waals surface area contributed by atoms with Crippen LogP contribution in [0.1, 0.15) is 0 Å². The molecule has 0 aliphatic heterocycles. The fourth-order valence-corrected chi connectivity index (χ4v) is 12.3. The van der Waals surface area contributed by atoms with Gasteiger partial charge < -0.3 is 13.7 Å². The Balaban J connectivity index is 0.799. The number of nitrogens with zero attached hydrogens (tertiary/aromatic N) is 6. The molecule has 12 aromatic carbocycles. The molecule has 0 amide bonds. The lowest BCUT2D eigenvalue weighted by Crippen LogP contribution is -2.00. The minimum Gasteiger partial charge on any atom is -0.309 e. The third kappa shape index (κ3) is 7.76. The fraction of sp³-hybridized carbons (Fsp3) is 0. The number of rotatable bonds is 9. The molecule has 16 aromatic rings. The van der Waals surface area contributed by atoms with Crippen molar-refractivity contribution in [1.29, 1.82) is 0 Å². The Morgan fingerprint density at radius 3 is 1.00 bits per heavy atom. The van der Waals surface area contributed by atoms with E-state index in [9.17, 15) is 0 Å². The molecule has 0 radical (unpaired) electrons. The van der Waals surface area contributed by atoms with Gasteiger partial charge in [-0.25, -0.2) is 15.0 Å². The van der Waals surface area contributed by atoms with Gasteiger partial charge in [-0.2, -0.15) is 0 Å². The summed E-state index contributed by atoms with van der Waals surface area (Å²) in [6.07, 6.45) is 0. The summed E-state index contributed by atoms with van der Waals surface area (Å²) in [7, 11) is 0. The van der Waals surface area contributed by atoms with Crippen LogP contribution in [-0.4, -0.2) is 28.7 Å². The Labute approximate surface area is 467 Å². The summed E-state index contributed by atoms with van der Waals surface area (Å²) in [5.41, 5.74) is 20.1. The SMILES string of the molecule is c1ccc(-c2nc(-c3ccccc3)nc(-c3ccc(-c4ccc(-n5c6ccccc6c6ccccc65)c(-c5ccc(-n6c7ccccc7c7cc(-c8ccc9c(c8)c8ccccc8n9-c8ccccc8)ccc76)cc5)c4)cc3)n2)cc1. The van der Waals surface area contributed by atoms with Gasteiger partial charge in [0.25, 0.3) is 0 Å². The van der Waals surface area contributed by atoms with Gasteiger partial charge in [-0.05, 0) is 113 Å². The number of benzene rings is 12. The molecule has 378 valence electrons. The Kier molecular flexibility index (Phi) is 10.8. The average Bonchev–Trinajstić information content (AvgIpc) is 4.34. The molecule has 0 fully saturated rings. The largest absolute Gasteiger partial charge is 0.309 e. The Morgan fingerprint density at radius 2 is 0.519 bits per heavy atom. The van der Waals surface area contributed by atoms with Crippen LogP contribution in [0.3, 0.4) is 0 Å². The number of para-hydroxylation sites is 5. The molecule has 6 nitrogen and oxygen atoms in total. The quantitative estimate of drug-likeness (QED) is 0.145. The van der Waals surface area contributed by atoms with Crippen molar-refractivity contribution in [2.45, 2.75) is 0 Å². The van der Waals surface area contributed by atoms with Gasteiger partial charge in [-0.3, -0.25) is 0 Å². The molecule has 0 spiro atoms. The molecule has 0 aliphatic carbocycles. The van der Waals surface area contributed by atoms with Gasteiger partial charge in [0.1, 0.15) is 0 Å². The molecule has 0 unspecified atom stereocenters. The Bertz CT molecular complexity index is 4960. The predicted molar refractivity (Wildman–Crippen MR) is 335 cm³/mol. The van der Waals surface area contributed by atoms with Crippen molar-refractivity contribution < 1.29 is 0 Å². The molecule has 4 aromatic heterocycles. The third-order valence-corrected chi connectivity index (χ3v) is 16.1. The minimum absolute atomic E-state index is 0.627. The molecule has 81 heavy (non-hydrogen) atoms. The van der Waals surface area contributed by atoms with Crippen LogP contribution >= 0.6 is 0 Å². The van der Waals surface area contributed by atoms with Crippen molar-refractivity contribution >= 4 is 65.4 Å². The average molecular weight is 1030 g/mol. The maximum Gasteiger partial charge on any atom is 0.164 e. The van der Waals surface area contributed by atoms with Gasteiger partial charge in [0.2, 0.25) is 0 Å². The van der Waals surface area contributed by atoms with Crippen molar-refractivity contribution in [1.82, 2.24) is 28.7 Å². The van der Waals surface area contributed by atoms with Crippen molar-refractivity contribution in [3.05, 3.63) is 291 Å². The van der Waals surface area contributed by atoms with E-state index in [1.165, 1.54) is 71.0 Å². The summed E-state index contributed by atoms with van der Waals surface area (Å²) in [4.78, 5) is 15.0. The van der Waals surface area contributed by atoms with Crippen molar-refractivity contribution in [2.24, 2.45) is 0 Å². The zero-order valence-electron chi connectivity index (χ0n) is 43.9. The van der Waals surface area contributed by atoms with E-state index in [1.807, 2.05) is 60.7 Å². The van der Waals surface area contributed by atoms with Gasteiger partial charge >= 0.3 is 0 Å². The summed E-state index contributed by atoms with van der Waals surface area (Å²) in [6.45, 7) is 0. The van der Waals surface area contributed by atoms with Crippen LogP contribution in [0.25, 0.3) is 150 Å². The number of aromatic nitrogens is 6. The van der Waals surface area contributed by atoms with Crippen LogP contribution in [0.5, 0.6) is 0 Å². The maximum absolute atomic E-state index is 5.02. The summed E-state index contributed by atoms with van der Waals surface area (Å²) in [5, 5.41) is 7.38. The summed E-state index contributed by atoms with van der Waals surface area (Å²) >= 11 is 0. The van der Waals surface area contributed by atoms with Crippen molar-refractivity contribution in [3.63, 3.8) is 0 Å². The molecule has 0 atom stereocenters. The molecule has 0 aliphatic rings. The first kappa shape index (κ1) is 46.2. The van der Waals surface area contributed by atoms with Crippen LogP contribution in [0.15, 0.2) is 291 Å². The molecular weight excluding hydrogens is 985 g/mol. The summed E-state index contributed by atoms with van der Waals surface area (Å²) in [6, 6.07) is 104. The Morgan fingerprint density at radius 1 is 0.198 bits per heavy atom. The molecule has 16 rings (SSSR count). The lowest BCUT2D eigenvalue weighted by atomic mass is 9.96. The van der Waals surface area contributed by atoms with E-state index in [0.717, 1.165) is 61.5 Å². The molecule has 6 heteroatoms. The van der Waals surface area contributed by atoms with Gasteiger partial charge in [-0.1, -0.05) is 206 Å². The second kappa shape index (κ2) is 18.9. The maximum atomic E-state index is 5.02. The van der Waals surface area contributed by atoms with Crippen molar-refractivity contribution in [3.8, 4) is 84.6 Å². The molecule has 0 saturated heterocycles. The van der Waals surface area contributed by atoms with Gasteiger partial charge in [0.15, 0.2) is 17.5 Å². The van der Waals surface area contributed by atoms with Crippen LogP contribution in [0.4, 0.5) is 0 Å². The van der Waals surface area contributed by atoms with Crippen LogP contribution in [0, 0.1) is 0 Å². The van der Waals surface area contributed by atoms with Gasteiger partial charge in [0.05, 0.1) is 38.8 Å². The highest BCUT2D eigenvalue weighted by Gasteiger charge is 2.20. The zero-order chi connectivity index (χ0) is 53.4. The highest BCUT2D eigenvalue weighted by Crippen LogP contribution is 2.42. The smallest absolute Gasteiger partial charge is 0.164 e. The van der Waals surface area contributed by atoms with E-state index in [1.54, 1.807) is 0 Å². The first-order valence-corrected chi connectivity index (χ1v) is 27.5. The van der Waals surface area contributed by atoms with Crippen LogP contribution in [-0.2, 0) is 0 Å². The van der Waals surface area contributed by atoms with Gasteiger partial charge in [0, 0.05) is 65.9 Å². The fourth-order valence-electron chi connectivity index (χ4n) is 12.3. The molecule has 0 bridgehead atoms. The van der Waals surface area contributed by atoms with Crippen LogP contribution < -0.4 is 0 Å². The highest BCUT2D eigenvalue weighted by atomic mass is 15.0. The summed E-state index contributed by atoms with van der Waals surface area (Å²) in [5.74, 6) is 1.91. The number of hydrogen-bond donors (Lipinski definition) is 0. The lowest BCUT2D eigenvalue weighted by molar-refractivity contribution is 1.07. The first-order valence-electron chi connectivity index (χ1n) is 27.5. The van der Waals surface area contributed by atoms with Crippen molar-refractivity contribution in [2.75, 3.05) is 0 Å². The standard InChI is InChI=1S/C75H48N6/c1-4-18-51(19-5-1)73-76-74(52-20-6-2-7-21-52)78-75(77-73)53-34-32-49(33-35-53)54-38-43-70(81-68-30-16-10-24-59(68)60-25-11-17-31-69(60)81)63(46-54)50-36-41-58(42-37-50)80-67-29-15-13-27-62(67)65-48-56(40-45-72(65)80)55-39-44-71-64(47-55)61-26-12-14-28-66(61)79(71)57-22-8-3-9-23-57/h1-48H. The predicted octanol–water partition coefficient (Wildman–Crippen LogP) is 19.2. The van der Waals surface area contributed by atoms with Crippen LogP contribution in [0.2, 0.25) is 0 Å². The molecule has 0 saturated carbocycles. The molecule has 0 N–H and O–H groups in total. The monoisotopic (exact) mass is 1030 g/mol. The third-order valence-electron chi connectivity index (χ3n) is 16.1. The second-order valence-corrected chi connectivity index (χ2v) is 20.8. The minimum atomic E-state index is 0.627. The number of hydrogen-bond acceptors (Lipinski definition) is 3. The van der Waals surface area contributed by atoms with E-state index in [2.05, 4.69) is 244 Å². The zero-order valence-corrected chi connectivity index (χ0v) is 43.9. The second-order valence-electron chi connectivity index (χ2n) is 20.8. The highest BCUT2D eigenvalue weighted by molar-refractivity contribution is 6.13. The molecular formula is C75H48N6. The van der Waals surface area contributed by atoms with E-state index >= 15 is 0 Å². The Hall–Kier alpha value is -11.0. The first-order chi connectivity index (χ1) is 40.2. The summed E-state index contributed by atoms with van der Waals surface area (Å²) < 4.78 is 7.22. The van der Waals surface area contributed by atoms with E-state index in [-0.39, 0.29) is 0 Å². The van der Waals surface area contributed by atoms with E-state index in [4.69, 9.17) is 15.0 Å². The van der Waals surface area contributed by atoms with E-state index < -0.39 is 0 Å².